The minimum Gasteiger partial charge on any atom is -0.372 e. The van der Waals surface area contributed by atoms with E-state index in [0.717, 1.165) is 6.07 Å². The molecule has 0 saturated heterocycles. The Morgan fingerprint density at radius 2 is 1.67 bits per heavy atom. The van der Waals surface area contributed by atoms with E-state index in [-0.39, 0.29) is 5.56 Å². The second-order valence-corrected chi connectivity index (χ2v) is 3.95. The summed E-state index contributed by atoms with van der Waals surface area (Å²) in [6.45, 7) is 0. The number of rotatable bonds is 3. The number of carbonyl (C=O) groups excluding carboxylic acids is 1. The summed E-state index contributed by atoms with van der Waals surface area (Å²) in [5, 5.41) is 10.5. The van der Waals surface area contributed by atoms with E-state index in [1.807, 2.05) is 0 Å². The zero-order valence-corrected chi connectivity index (χ0v) is 9.51. The van der Waals surface area contributed by atoms with Gasteiger partial charge in [0, 0.05) is 5.56 Å². The van der Waals surface area contributed by atoms with Gasteiger partial charge in [0.2, 0.25) is 0 Å². The predicted octanol–water partition coefficient (Wildman–Crippen LogP) is 1.55. The van der Waals surface area contributed by atoms with Crippen molar-refractivity contribution in [2.24, 2.45) is 5.73 Å². The summed E-state index contributed by atoms with van der Waals surface area (Å²) in [4.78, 5) is 11.6. The normalized spacial score (nSPS) is 13.9. The highest BCUT2D eigenvalue weighted by atomic mass is 19.1. The summed E-state index contributed by atoms with van der Waals surface area (Å²) in [6, 6.07) is 13.4. The van der Waals surface area contributed by atoms with E-state index >= 15 is 0 Å². The van der Waals surface area contributed by atoms with Gasteiger partial charge in [-0.3, -0.25) is 4.79 Å². The van der Waals surface area contributed by atoms with Gasteiger partial charge < -0.3 is 10.8 Å². The zero-order valence-electron chi connectivity index (χ0n) is 9.51. The monoisotopic (exact) mass is 245 g/mol. The standard InChI is InChI=1S/C14H12FNO2/c15-12-8-4-7-11(9-12)14(18,13(16)17)10-5-2-1-3-6-10/h1-9,18H,(H2,16,17). The molecule has 1 atom stereocenters. The molecule has 0 aliphatic carbocycles. The van der Waals surface area contributed by atoms with Crippen LogP contribution in [0.1, 0.15) is 11.1 Å². The van der Waals surface area contributed by atoms with Gasteiger partial charge in [-0.2, -0.15) is 0 Å². The number of halogens is 1. The van der Waals surface area contributed by atoms with Crippen molar-refractivity contribution in [3.8, 4) is 0 Å². The van der Waals surface area contributed by atoms with Crippen molar-refractivity contribution in [2.45, 2.75) is 5.60 Å². The molecule has 0 bridgehead atoms. The van der Waals surface area contributed by atoms with Crippen LogP contribution in [-0.2, 0) is 10.4 Å². The predicted molar refractivity (Wildman–Crippen MR) is 65.0 cm³/mol. The van der Waals surface area contributed by atoms with Gasteiger partial charge >= 0.3 is 0 Å². The van der Waals surface area contributed by atoms with Gasteiger partial charge in [-0.25, -0.2) is 4.39 Å². The molecule has 0 aromatic heterocycles. The van der Waals surface area contributed by atoms with Crippen LogP contribution in [0.25, 0.3) is 0 Å². The Morgan fingerprint density at radius 1 is 1.06 bits per heavy atom. The molecule has 0 radical (unpaired) electrons. The van der Waals surface area contributed by atoms with Crippen LogP contribution in [-0.4, -0.2) is 11.0 Å². The van der Waals surface area contributed by atoms with Gasteiger partial charge in [0.05, 0.1) is 0 Å². The third-order valence-corrected chi connectivity index (χ3v) is 2.79. The molecule has 0 aliphatic rings. The topological polar surface area (TPSA) is 63.3 Å². The molecular formula is C14H12FNO2. The summed E-state index contributed by atoms with van der Waals surface area (Å²) >= 11 is 0. The number of carbonyl (C=O) groups is 1. The molecule has 0 saturated carbocycles. The van der Waals surface area contributed by atoms with Crippen molar-refractivity contribution in [3.05, 3.63) is 71.5 Å². The molecule has 4 heteroatoms. The van der Waals surface area contributed by atoms with Gasteiger partial charge in [-0.1, -0.05) is 42.5 Å². The number of nitrogens with two attached hydrogens (primary N) is 1. The molecule has 1 unspecified atom stereocenters. The Hall–Kier alpha value is -2.20. The first kappa shape index (κ1) is 12.3. The highest BCUT2D eigenvalue weighted by Crippen LogP contribution is 2.29. The molecule has 3 nitrogen and oxygen atoms in total. The molecule has 3 N–H and O–H groups in total. The molecule has 92 valence electrons. The number of benzene rings is 2. The van der Waals surface area contributed by atoms with Crippen molar-refractivity contribution in [3.63, 3.8) is 0 Å². The summed E-state index contributed by atoms with van der Waals surface area (Å²) in [7, 11) is 0. The van der Waals surface area contributed by atoms with E-state index in [1.54, 1.807) is 30.3 Å². The average Bonchev–Trinajstić information content (AvgIpc) is 2.38. The van der Waals surface area contributed by atoms with Gasteiger partial charge in [-0.15, -0.1) is 0 Å². The lowest BCUT2D eigenvalue weighted by atomic mass is 9.86. The Labute approximate surface area is 104 Å². The molecular weight excluding hydrogens is 233 g/mol. The van der Waals surface area contributed by atoms with Crippen LogP contribution in [0, 0.1) is 5.82 Å². The van der Waals surface area contributed by atoms with Crippen LogP contribution in [0.4, 0.5) is 4.39 Å². The van der Waals surface area contributed by atoms with Crippen LogP contribution < -0.4 is 5.73 Å². The van der Waals surface area contributed by atoms with E-state index in [9.17, 15) is 14.3 Å². The largest absolute Gasteiger partial charge is 0.372 e. The number of aliphatic hydroxyl groups is 1. The number of hydrogen-bond donors (Lipinski definition) is 2. The van der Waals surface area contributed by atoms with Gasteiger partial charge in [-0.05, 0) is 17.7 Å². The lowest BCUT2D eigenvalue weighted by Gasteiger charge is -2.25. The Balaban J connectivity index is 2.62. The molecule has 0 spiro atoms. The fourth-order valence-corrected chi connectivity index (χ4v) is 1.84. The minimum atomic E-state index is -2.02. The summed E-state index contributed by atoms with van der Waals surface area (Å²) in [5.41, 5.74) is 3.67. The maximum Gasteiger partial charge on any atom is 0.258 e. The Morgan fingerprint density at radius 3 is 2.22 bits per heavy atom. The van der Waals surface area contributed by atoms with Crippen molar-refractivity contribution >= 4 is 5.91 Å². The number of primary amides is 1. The Bertz CT molecular complexity index is 571. The third kappa shape index (κ3) is 1.98. The summed E-state index contributed by atoms with van der Waals surface area (Å²) in [6.07, 6.45) is 0. The second kappa shape index (κ2) is 4.58. The first-order valence-electron chi connectivity index (χ1n) is 5.39. The minimum absolute atomic E-state index is 0.112. The molecule has 1 amide bonds. The smallest absolute Gasteiger partial charge is 0.258 e. The lowest BCUT2D eigenvalue weighted by Crippen LogP contribution is -2.42. The maximum absolute atomic E-state index is 13.2. The van der Waals surface area contributed by atoms with Crippen LogP contribution in [0.2, 0.25) is 0 Å². The highest BCUT2D eigenvalue weighted by molar-refractivity contribution is 5.88. The van der Waals surface area contributed by atoms with Crippen LogP contribution >= 0.6 is 0 Å². The first-order valence-corrected chi connectivity index (χ1v) is 5.39. The van der Waals surface area contributed by atoms with Gasteiger partial charge in [0.25, 0.3) is 5.91 Å². The zero-order chi connectivity index (χ0) is 13.2. The number of hydrogen-bond acceptors (Lipinski definition) is 2. The fraction of sp³-hybridized carbons (Fsp3) is 0.0714. The Kier molecular flexibility index (Phi) is 3.12. The van der Waals surface area contributed by atoms with Crippen molar-refractivity contribution in [1.82, 2.24) is 0 Å². The summed E-state index contributed by atoms with van der Waals surface area (Å²) in [5.74, 6) is -1.48. The molecule has 0 aliphatic heterocycles. The molecule has 2 rings (SSSR count). The number of amides is 1. The fourth-order valence-electron chi connectivity index (χ4n) is 1.84. The highest BCUT2D eigenvalue weighted by Gasteiger charge is 2.38. The van der Waals surface area contributed by atoms with E-state index in [1.165, 1.54) is 18.2 Å². The molecule has 2 aromatic carbocycles. The molecule has 0 fully saturated rings. The van der Waals surface area contributed by atoms with Crippen molar-refractivity contribution < 1.29 is 14.3 Å². The van der Waals surface area contributed by atoms with Crippen LogP contribution in [0.15, 0.2) is 54.6 Å². The summed E-state index contributed by atoms with van der Waals surface area (Å²) < 4.78 is 13.2. The van der Waals surface area contributed by atoms with E-state index < -0.39 is 17.3 Å². The van der Waals surface area contributed by atoms with E-state index in [4.69, 9.17) is 5.73 Å². The van der Waals surface area contributed by atoms with Crippen molar-refractivity contribution in [1.29, 1.82) is 0 Å². The second-order valence-electron chi connectivity index (χ2n) is 3.95. The molecule has 18 heavy (non-hydrogen) atoms. The van der Waals surface area contributed by atoms with E-state index in [0.29, 0.717) is 5.56 Å². The quantitative estimate of drug-likeness (QED) is 0.861. The molecule has 2 aromatic rings. The maximum atomic E-state index is 13.2. The molecule has 0 heterocycles. The average molecular weight is 245 g/mol. The van der Waals surface area contributed by atoms with Gasteiger partial charge in [0.15, 0.2) is 5.60 Å². The van der Waals surface area contributed by atoms with Crippen LogP contribution in [0.5, 0.6) is 0 Å². The van der Waals surface area contributed by atoms with E-state index in [2.05, 4.69) is 0 Å². The third-order valence-electron chi connectivity index (χ3n) is 2.79. The van der Waals surface area contributed by atoms with Crippen molar-refractivity contribution in [2.75, 3.05) is 0 Å². The van der Waals surface area contributed by atoms with Gasteiger partial charge in [0.1, 0.15) is 5.82 Å². The lowest BCUT2D eigenvalue weighted by molar-refractivity contribution is -0.133. The SMILES string of the molecule is NC(=O)C(O)(c1ccccc1)c1cccc(F)c1. The first-order chi connectivity index (χ1) is 8.55. The van der Waals surface area contributed by atoms with Crippen LogP contribution in [0.3, 0.4) is 0 Å².